The average Bonchev–Trinajstić information content (AvgIpc) is 2.63. The summed E-state index contributed by atoms with van der Waals surface area (Å²) in [6.45, 7) is 8.69. The largest absolute Gasteiger partial charge is 0.492 e. The van der Waals surface area contributed by atoms with E-state index in [-0.39, 0.29) is 4.90 Å². The van der Waals surface area contributed by atoms with E-state index in [0.29, 0.717) is 38.5 Å². The van der Waals surface area contributed by atoms with E-state index in [2.05, 4.69) is 52.9 Å². The molecule has 1 aliphatic rings. The predicted molar refractivity (Wildman–Crippen MR) is 112 cm³/mol. The van der Waals surface area contributed by atoms with Crippen molar-refractivity contribution in [3.05, 3.63) is 52.0 Å². The van der Waals surface area contributed by atoms with Gasteiger partial charge in [0.1, 0.15) is 10.6 Å². The van der Waals surface area contributed by atoms with Crippen molar-refractivity contribution in [2.24, 2.45) is 0 Å². The second-order valence-corrected chi connectivity index (χ2v) is 9.53. The molecule has 27 heavy (non-hydrogen) atoms. The van der Waals surface area contributed by atoms with Crippen molar-refractivity contribution in [3.63, 3.8) is 0 Å². The van der Waals surface area contributed by atoms with Gasteiger partial charge in [-0.2, -0.15) is 4.31 Å². The van der Waals surface area contributed by atoms with Gasteiger partial charge in [0.25, 0.3) is 0 Å². The third-order valence-corrected chi connectivity index (χ3v) is 7.17. The molecule has 0 N–H and O–H groups in total. The van der Waals surface area contributed by atoms with Crippen LogP contribution in [0, 0.1) is 13.8 Å². The summed E-state index contributed by atoms with van der Waals surface area (Å²) in [6, 6.07) is 11.5. The van der Waals surface area contributed by atoms with Crippen LogP contribution < -0.4 is 9.64 Å². The number of halogens is 1. The normalized spacial score (nSPS) is 15.8. The lowest BCUT2D eigenvalue weighted by atomic mass is 10.1. The first-order valence-electron chi connectivity index (χ1n) is 9.07. The minimum absolute atomic E-state index is 0.221. The number of aryl methyl sites for hydroxylation is 2. The minimum atomic E-state index is -3.61. The molecule has 1 saturated heterocycles. The molecule has 2 aromatic carbocycles. The number of anilines is 1. The summed E-state index contributed by atoms with van der Waals surface area (Å²) in [5.41, 5.74) is 3.63. The number of rotatable bonds is 5. The van der Waals surface area contributed by atoms with Gasteiger partial charge in [-0.1, -0.05) is 33.6 Å². The summed E-state index contributed by atoms with van der Waals surface area (Å²) < 4.78 is 34.2. The van der Waals surface area contributed by atoms with Crippen LogP contribution in [0.2, 0.25) is 0 Å². The van der Waals surface area contributed by atoms with E-state index in [1.165, 1.54) is 16.8 Å². The highest BCUT2D eigenvalue weighted by Crippen LogP contribution is 2.31. The predicted octanol–water partition coefficient (Wildman–Crippen LogP) is 3.98. The molecule has 0 atom stereocenters. The van der Waals surface area contributed by atoms with Crippen LogP contribution in [0.15, 0.2) is 45.8 Å². The van der Waals surface area contributed by atoms with Crippen LogP contribution in [0.1, 0.15) is 18.1 Å². The molecule has 0 saturated carbocycles. The van der Waals surface area contributed by atoms with Crippen LogP contribution in [-0.4, -0.2) is 45.5 Å². The lowest BCUT2D eigenvalue weighted by Crippen LogP contribution is -2.48. The van der Waals surface area contributed by atoms with E-state index in [1.54, 1.807) is 22.5 Å². The van der Waals surface area contributed by atoms with Gasteiger partial charge in [-0.25, -0.2) is 8.42 Å². The fourth-order valence-electron chi connectivity index (χ4n) is 3.43. The fourth-order valence-corrected chi connectivity index (χ4v) is 5.52. The molecule has 0 bridgehead atoms. The third-order valence-electron chi connectivity index (χ3n) is 4.76. The zero-order valence-corrected chi connectivity index (χ0v) is 18.3. The first-order valence-corrected chi connectivity index (χ1v) is 11.3. The Kier molecular flexibility index (Phi) is 6.13. The molecule has 1 fully saturated rings. The zero-order valence-electron chi connectivity index (χ0n) is 15.9. The first kappa shape index (κ1) is 20.2. The standard InChI is InChI=1S/C20H25BrN2O3S/c1-4-26-19-8-6-17(21)14-20(19)27(24,25)23-11-9-22(10-12-23)18-7-5-15(2)13-16(18)3/h5-8,13-14H,4,9-12H2,1-3H3. The number of nitrogens with zero attached hydrogens (tertiary/aromatic N) is 2. The molecule has 0 radical (unpaired) electrons. The molecular formula is C20H25BrN2O3S. The molecule has 3 rings (SSSR count). The molecule has 1 aliphatic heterocycles. The van der Waals surface area contributed by atoms with Crippen molar-refractivity contribution in [2.75, 3.05) is 37.7 Å². The highest BCUT2D eigenvalue weighted by atomic mass is 79.9. The zero-order chi connectivity index (χ0) is 19.6. The van der Waals surface area contributed by atoms with E-state index < -0.39 is 10.0 Å². The number of ether oxygens (including phenoxy) is 1. The Morgan fingerprint density at radius 1 is 1.04 bits per heavy atom. The van der Waals surface area contributed by atoms with Crippen molar-refractivity contribution in [2.45, 2.75) is 25.7 Å². The minimum Gasteiger partial charge on any atom is -0.492 e. The molecule has 0 spiro atoms. The average molecular weight is 453 g/mol. The number of hydrogen-bond donors (Lipinski definition) is 0. The summed E-state index contributed by atoms with van der Waals surface area (Å²) in [6.07, 6.45) is 0. The quantitative estimate of drug-likeness (QED) is 0.688. The van der Waals surface area contributed by atoms with Crippen LogP contribution in [0.4, 0.5) is 5.69 Å². The molecule has 0 unspecified atom stereocenters. The molecule has 0 amide bonds. The smallest absolute Gasteiger partial charge is 0.246 e. The maximum atomic E-state index is 13.2. The first-order chi connectivity index (χ1) is 12.8. The SMILES string of the molecule is CCOc1ccc(Br)cc1S(=O)(=O)N1CCN(c2ccc(C)cc2C)CC1. The Hall–Kier alpha value is -1.57. The maximum absolute atomic E-state index is 13.2. The highest BCUT2D eigenvalue weighted by molar-refractivity contribution is 9.10. The molecule has 0 aliphatic carbocycles. The number of hydrogen-bond acceptors (Lipinski definition) is 4. The van der Waals surface area contributed by atoms with Crippen molar-refractivity contribution in [3.8, 4) is 5.75 Å². The summed E-state index contributed by atoms with van der Waals surface area (Å²) in [5, 5.41) is 0. The van der Waals surface area contributed by atoms with Gasteiger partial charge in [0, 0.05) is 36.3 Å². The van der Waals surface area contributed by atoms with Crippen molar-refractivity contribution in [1.82, 2.24) is 4.31 Å². The Morgan fingerprint density at radius 3 is 2.37 bits per heavy atom. The van der Waals surface area contributed by atoms with E-state index in [4.69, 9.17) is 4.74 Å². The summed E-state index contributed by atoms with van der Waals surface area (Å²) in [4.78, 5) is 2.48. The lowest BCUT2D eigenvalue weighted by molar-refractivity contribution is 0.327. The molecule has 7 heteroatoms. The summed E-state index contributed by atoms with van der Waals surface area (Å²) in [5.74, 6) is 0.400. The van der Waals surface area contributed by atoms with E-state index in [9.17, 15) is 8.42 Å². The maximum Gasteiger partial charge on any atom is 0.246 e. The van der Waals surface area contributed by atoms with Crippen molar-refractivity contribution >= 4 is 31.6 Å². The van der Waals surface area contributed by atoms with Crippen LogP contribution in [0.3, 0.4) is 0 Å². The lowest BCUT2D eigenvalue weighted by Gasteiger charge is -2.36. The van der Waals surface area contributed by atoms with Gasteiger partial charge in [-0.05, 0) is 50.6 Å². The number of piperazine rings is 1. The van der Waals surface area contributed by atoms with E-state index in [0.717, 1.165) is 4.47 Å². The summed E-state index contributed by atoms with van der Waals surface area (Å²) >= 11 is 3.37. The Labute approximate surface area is 170 Å². The van der Waals surface area contributed by atoms with Gasteiger partial charge < -0.3 is 9.64 Å². The van der Waals surface area contributed by atoms with Crippen LogP contribution in [0.25, 0.3) is 0 Å². The molecule has 2 aromatic rings. The van der Waals surface area contributed by atoms with Crippen molar-refractivity contribution in [1.29, 1.82) is 0 Å². The van der Waals surface area contributed by atoms with Crippen LogP contribution in [0.5, 0.6) is 5.75 Å². The van der Waals surface area contributed by atoms with Gasteiger partial charge in [0.15, 0.2) is 0 Å². The number of sulfonamides is 1. The Bertz CT molecular complexity index is 923. The molecule has 146 valence electrons. The molecular weight excluding hydrogens is 428 g/mol. The number of benzene rings is 2. The Balaban J connectivity index is 1.80. The monoisotopic (exact) mass is 452 g/mol. The van der Waals surface area contributed by atoms with Crippen molar-refractivity contribution < 1.29 is 13.2 Å². The summed E-state index contributed by atoms with van der Waals surface area (Å²) in [7, 11) is -3.61. The van der Waals surface area contributed by atoms with Gasteiger partial charge in [-0.3, -0.25) is 0 Å². The highest BCUT2D eigenvalue weighted by Gasteiger charge is 2.31. The van der Waals surface area contributed by atoms with Crippen LogP contribution >= 0.6 is 15.9 Å². The second-order valence-electron chi connectivity index (χ2n) is 6.71. The third kappa shape index (κ3) is 4.31. The molecule has 5 nitrogen and oxygen atoms in total. The Morgan fingerprint density at radius 2 is 1.74 bits per heavy atom. The van der Waals surface area contributed by atoms with E-state index in [1.807, 2.05) is 6.92 Å². The molecule has 1 heterocycles. The van der Waals surface area contributed by atoms with Gasteiger partial charge >= 0.3 is 0 Å². The van der Waals surface area contributed by atoms with Gasteiger partial charge in [0.2, 0.25) is 10.0 Å². The fraction of sp³-hybridized carbons (Fsp3) is 0.400. The topological polar surface area (TPSA) is 49.9 Å². The molecule has 0 aromatic heterocycles. The van der Waals surface area contributed by atoms with Gasteiger partial charge in [-0.15, -0.1) is 0 Å². The van der Waals surface area contributed by atoms with E-state index >= 15 is 0 Å². The van der Waals surface area contributed by atoms with Gasteiger partial charge in [0.05, 0.1) is 6.61 Å². The second kappa shape index (κ2) is 8.20. The van der Waals surface area contributed by atoms with Crippen LogP contribution in [-0.2, 0) is 10.0 Å².